The second-order valence-corrected chi connectivity index (χ2v) is 0. The molecule has 0 aromatic carbocycles. The van der Waals surface area contributed by atoms with Gasteiger partial charge in [0.15, 0.2) is 0 Å². The predicted octanol–water partition coefficient (Wildman–Crippen LogP) is -5.91. The van der Waals surface area contributed by atoms with E-state index in [0.29, 0.717) is 0 Å². The van der Waals surface area contributed by atoms with Crippen molar-refractivity contribution in [2.75, 3.05) is 0 Å². The summed E-state index contributed by atoms with van der Waals surface area (Å²) in [5, 5.41) is 0. The maximum atomic E-state index is 0. The molecule has 0 saturated heterocycles. The summed E-state index contributed by atoms with van der Waals surface area (Å²) in [4.78, 5) is 0. The third-order valence-electron chi connectivity index (χ3n) is 0. The third kappa shape index (κ3) is 17.7. The van der Waals surface area contributed by atoms with Gasteiger partial charge in [0.1, 0.15) is 0 Å². The Morgan fingerprint density at radius 2 is 0.800 bits per heavy atom. The van der Waals surface area contributed by atoms with Crippen LogP contribution in [0.5, 0.6) is 0 Å². The molecule has 0 atom stereocenters. The Labute approximate surface area is 146 Å². The van der Waals surface area contributed by atoms with Gasteiger partial charge in [-0.3, -0.25) is 0 Å². The molecule has 0 rings (SSSR count). The first-order valence-electron chi connectivity index (χ1n) is 0. The van der Waals surface area contributed by atoms with E-state index in [2.05, 4.69) is 0 Å². The second kappa shape index (κ2) is 23.3. The zero-order valence-electron chi connectivity index (χ0n) is 4.58. The topological polar surface area (TPSA) is 0 Å². The van der Waals surface area contributed by atoms with E-state index in [9.17, 15) is 0 Å². The summed E-state index contributed by atoms with van der Waals surface area (Å²) in [5.74, 6) is 0. The van der Waals surface area contributed by atoms with Crippen LogP contribution in [-0.2, 0) is 0 Å². The van der Waals surface area contributed by atoms with Crippen LogP contribution in [0.25, 0.3) is 0 Å². The first-order chi connectivity index (χ1) is 0. The summed E-state index contributed by atoms with van der Waals surface area (Å²) in [6.45, 7) is 0. The van der Waals surface area contributed by atoms with Gasteiger partial charge in [0.2, 0.25) is 0 Å². The van der Waals surface area contributed by atoms with Gasteiger partial charge >= 0.3 is 75.5 Å². The molecule has 0 aromatic heterocycles. The molecule has 0 N–H and O–H groups in total. The molecule has 5 heteroatoms. The van der Waals surface area contributed by atoms with Crippen molar-refractivity contribution in [2.45, 2.75) is 0 Å². The number of rotatable bonds is 0. The summed E-state index contributed by atoms with van der Waals surface area (Å²) in [7, 11) is 0. The van der Waals surface area contributed by atoms with Gasteiger partial charge in [0.05, 0.1) is 0 Å². The quantitative estimate of drug-likeness (QED) is 0.248. The molecular weight excluding hydrogens is 461 g/mol. The van der Waals surface area contributed by atoms with Crippen LogP contribution < -0.4 is 48.0 Å². The zero-order chi connectivity index (χ0) is 0. The van der Waals surface area contributed by atoms with Crippen molar-refractivity contribution >= 4 is 99.5 Å². The van der Waals surface area contributed by atoms with Crippen LogP contribution >= 0.6 is 24.0 Å². The summed E-state index contributed by atoms with van der Waals surface area (Å²) < 4.78 is 0. The van der Waals surface area contributed by atoms with Gasteiger partial charge in [-0.2, -0.15) is 0 Å². The van der Waals surface area contributed by atoms with E-state index in [-0.39, 0.29) is 150 Å². The van der Waals surface area contributed by atoms with Gasteiger partial charge in [-0.25, -0.2) is 0 Å². The fourth-order valence-corrected chi connectivity index (χ4v) is 0. The van der Waals surface area contributed by atoms with Gasteiger partial charge in [-0.15, -0.1) is 24.0 Å². The predicted molar refractivity (Wildman–Crippen MR) is 29.1 cm³/mol. The number of hydrogen-bond acceptors (Lipinski definition) is 0. The largest absolute Gasteiger partial charge is 2.00 e. The Hall–Kier alpha value is 4.71. The molecule has 0 aliphatic rings. The average molecular weight is 464 g/mol. The van der Waals surface area contributed by atoms with Crippen LogP contribution in [-0.4, -0.2) is 75.5 Å². The molecule has 0 amide bonds. The minimum Gasteiger partial charge on any atom is -1.00 e. The molecule has 5 heavy (non-hydrogen) atoms. The molecule has 0 unspecified atom stereocenters. The molecular formula is H3Ca2I3. The number of halogens is 3. The molecule has 0 aliphatic heterocycles. The van der Waals surface area contributed by atoms with Crippen molar-refractivity contribution < 1.29 is 50.8 Å². The van der Waals surface area contributed by atoms with E-state index in [1.807, 2.05) is 0 Å². The van der Waals surface area contributed by atoms with Gasteiger partial charge < -0.3 is 50.8 Å². The average Bonchev–Trinajstić information content (AvgIpc) is 0. The normalized spacial score (nSPS) is 0. The molecule has 0 aromatic rings. The van der Waals surface area contributed by atoms with Crippen LogP contribution in [0.4, 0.5) is 0 Å². The van der Waals surface area contributed by atoms with E-state index >= 15 is 0 Å². The summed E-state index contributed by atoms with van der Waals surface area (Å²) in [6, 6.07) is 0. The zero-order valence-corrected chi connectivity index (χ0v) is 13.6. The Kier molecular flexibility index (Phi) is 155. The van der Waals surface area contributed by atoms with Crippen molar-refractivity contribution in [3.05, 3.63) is 0 Å². The van der Waals surface area contributed by atoms with Gasteiger partial charge in [0.25, 0.3) is 0 Å². The van der Waals surface area contributed by atoms with E-state index in [0.717, 1.165) is 0 Å². The van der Waals surface area contributed by atoms with Crippen LogP contribution in [0.1, 0.15) is 2.85 Å². The molecule has 0 saturated carbocycles. The fraction of sp³-hybridized carbons (Fsp3) is 0. The molecule has 0 nitrogen and oxygen atoms in total. The molecule has 28 valence electrons. The van der Waals surface area contributed by atoms with Gasteiger partial charge in [0, 0.05) is 0 Å². The Morgan fingerprint density at radius 3 is 0.800 bits per heavy atom. The van der Waals surface area contributed by atoms with Crippen molar-refractivity contribution in [3.8, 4) is 0 Å². The Balaban J connectivity index is 0. The molecule has 0 spiro atoms. The van der Waals surface area contributed by atoms with Crippen molar-refractivity contribution in [3.63, 3.8) is 0 Å². The van der Waals surface area contributed by atoms with E-state index < -0.39 is 0 Å². The van der Waals surface area contributed by atoms with Crippen molar-refractivity contribution in [2.24, 2.45) is 0 Å². The van der Waals surface area contributed by atoms with E-state index in [1.54, 1.807) is 0 Å². The van der Waals surface area contributed by atoms with Crippen LogP contribution in [0, 0.1) is 0 Å². The smallest absolute Gasteiger partial charge is 1.00 e. The number of hydrogen-bond donors (Lipinski definition) is 0. The SMILES string of the molecule is I.[Ca+2].[Ca+2].[H-].[H-].[I-].[I-]. The minimum absolute atomic E-state index is 0. The van der Waals surface area contributed by atoms with Gasteiger partial charge in [-0.05, 0) is 0 Å². The first kappa shape index (κ1) is 33.2. The maximum absolute atomic E-state index is 0. The molecule has 0 aliphatic carbocycles. The Bertz CT molecular complexity index is 10.9. The molecule has 0 heterocycles. The second-order valence-electron chi connectivity index (χ2n) is 0. The summed E-state index contributed by atoms with van der Waals surface area (Å²) >= 11 is 0. The maximum Gasteiger partial charge on any atom is 2.00 e. The standard InChI is InChI=1S/2Ca.3HI.2H/h;;3*1H;;/q2*+2;;;;2*-1/p-2. The van der Waals surface area contributed by atoms with E-state index in [1.165, 1.54) is 0 Å². The van der Waals surface area contributed by atoms with E-state index in [4.69, 9.17) is 0 Å². The van der Waals surface area contributed by atoms with Gasteiger partial charge in [-0.1, -0.05) is 0 Å². The summed E-state index contributed by atoms with van der Waals surface area (Å²) in [6.07, 6.45) is 0. The van der Waals surface area contributed by atoms with Crippen LogP contribution in [0.3, 0.4) is 0 Å². The summed E-state index contributed by atoms with van der Waals surface area (Å²) in [5.41, 5.74) is 0. The third-order valence-corrected chi connectivity index (χ3v) is 0. The van der Waals surface area contributed by atoms with Crippen LogP contribution in [0.2, 0.25) is 0 Å². The minimum atomic E-state index is 0. The van der Waals surface area contributed by atoms with Crippen molar-refractivity contribution in [1.29, 1.82) is 0 Å². The van der Waals surface area contributed by atoms with Crippen LogP contribution in [0.15, 0.2) is 0 Å². The van der Waals surface area contributed by atoms with Crippen molar-refractivity contribution in [1.82, 2.24) is 0 Å². The fourth-order valence-electron chi connectivity index (χ4n) is 0. The first-order valence-corrected chi connectivity index (χ1v) is 0. The molecule has 0 bridgehead atoms. The molecule has 0 fully saturated rings. The molecule has 0 radical (unpaired) electrons. The Morgan fingerprint density at radius 1 is 0.800 bits per heavy atom. The monoisotopic (exact) mass is 464 g/mol.